The Morgan fingerprint density at radius 1 is 1.14 bits per heavy atom. The van der Waals surface area contributed by atoms with Crippen molar-refractivity contribution in [3.63, 3.8) is 0 Å². The highest BCUT2D eigenvalue weighted by Crippen LogP contribution is 2.29. The highest BCUT2D eigenvalue weighted by atomic mass is 32.2. The highest BCUT2D eigenvalue weighted by molar-refractivity contribution is 7.99. The minimum Gasteiger partial charge on any atom is -0.373 e. The zero-order valence-electron chi connectivity index (χ0n) is 11.6. The lowest BCUT2D eigenvalue weighted by molar-refractivity contribution is 0.755. The molecule has 3 aromatic rings. The number of anilines is 1. The van der Waals surface area contributed by atoms with Gasteiger partial charge in [0.25, 0.3) is 0 Å². The van der Waals surface area contributed by atoms with Crippen LogP contribution in [-0.4, -0.2) is 37.2 Å². The average Bonchev–Trinajstić information content (AvgIpc) is 2.98. The number of hydrogen-bond acceptors (Lipinski definition) is 7. The highest BCUT2D eigenvalue weighted by Gasteiger charge is 2.14. The fourth-order valence-corrected chi connectivity index (χ4v) is 2.68. The Kier molecular flexibility index (Phi) is 3.78. The summed E-state index contributed by atoms with van der Waals surface area (Å²) in [6.07, 6.45) is 1.53. The minimum absolute atomic E-state index is 0.657. The van der Waals surface area contributed by atoms with E-state index in [1.54, 1.807) is 4.68 Å². The first-order chi connectivity index (χ1) is 10.3. The summed E-state index contributed by atoms with van der Waals surface area (Å²) in [5, 5.41) is 16.4. The maximum atomic E-state index is 4.30. The monoisotopic (exact) mass is 299 g/mol. The largest absolute Gasteiger partial charge is 0.373 e. The molecule has 0 saturated carbocycles. The number of rotatable bonds is 4. The van der Waals surface area contributed by atoms with Crippen LogP contribution in [0.15, 0.2) is 46.8 Å². The van der Waals surface area contributed by atoms with E-state index in [2.05, 4.69) is 30.8 Å². The van der Waals surface area contributed by atoms with Crippen molar-refractivity contribution >= 4 is 17.6 Å². The first kappa shape index (κ1) is 13.5. The molecule has 0 amide bonds. The zero-order valence-corrected chi connectivity index (χ0v) is 12.4. The quantitative estimate of drug-likeness (QED) is 0.737. The van der Waals surface area contributed by atoms with Crippen LogP contribution in [0.25, 0.3) is 5.69 Å². The van der Waals surface area contributed by atoms with E-state index in [0.717, 1.165) is 22.1 Å². The molecule has 3 rings (SSSR count). The second-order valence-electron chi connectivity index (χ2n) is 4.21. The topological polar surface area (TPSA) is 81.4 Å². The molecular weight excluding hydrogens is 286 g/mol. The Bertz CT molecular complexity index is 741. The predicted octanol–water partition coefficient (Wildman–Crippen LogP) is 1.95. The third-order valence-corrected chi connectivity index (χ3v) is 3.95. The van der Waals surface area contributed by atoms with Gasteiger partial charge in [-0.15, -0.1) is 5.10 Å². The molecule has 1 aromatic carbocycles. The van der Waals surface area contributed by atoms with E-state index < -0.39 is 0 Å². The number of para-hydroxylation sites is 1. The molecule has 0 saturated heterocycles. The molecule has 0 aliphatic carbocycles. The Balaban J connectivity index is 1.96. The first-order valence-corrected chi connectivity index (χ1v) is 7.12. The van der Waals surface area contributed by atoms with Crippen LogP contribution in [0, 0.1) is 6.92 Å². The van der Waals surface area contributed by atoms with E-state index in [1.807, 2.05) is 44.3 Å². The van der Waals surface area contributed by atoms with E-state index in [0.29, 0.717) is 5.16 Å². The fraction of sp³-hybridized carbons (Fsp3) is 0.154. The molecule has 0 atom stereocenters. The summed E-state index contributed by atoms with van der Waals surface area (Å²) >= 11 is 1.41. The molecule has 0 spiro atoms. The van der Waals surface area contributed by atoms with E-state index in [9.17, 15) is 0 Å². The molecule has 0 unspecified atom stereocenters. The molecule has 7 nitrogen and oxygen atoms in total. The fourth-order valence-electron chi connectivity index (χ4n) is 1.85. The number of tetrazole rings is 1. The third-order valence-electron chi connectivity index (χ3n) is 2.90. The number of nitrogens with zero attached hydrogens (tertiary/aromatic N) is 6. The van der Waals surface area contributed by atoms with Gasteiger partial charge in [0.2, 0.25) is 5.16 Å². The lowest BCUT2D eigenvalue weighted by atomic mass is 10.3. The lowest BCUT2D eigenvalue weighted by Crippen LogP contribution is -2.01. The van der Waals surface area contributed by atoms with E-state index in [4.69, 9.17) is 0 Å². The van der Waals surface area contributed by atoms with Crippen molar-refractivity contribution in [2.75, 3.05) is 12.4 Å². The minimum atomic E-state index is 0.657. The van der Waals surface area contributed by atoms with Crippen molar-refractivity contribution in [2.45, 2.75) is 17.1 Å². The molecular formula is C13H13N7S. The van der Waals surface area contributed by atoms with E-state index in [1.165, 1.54) is 18.1 Å². The van der Waals surface area contributed by atoms with Gasteiger partial charge < -0.3 is 5.32 Å². The summed E-state index contributed by atoms with van der Waals surface area (Å²) in [7, 11) is 1.83. The van der Waals surface area contributed by atoms with Crippen molar-refractivity contribution in [2.24, 2.45) is 0 Å². The van der Waals surface area contributed by atoms with Crippen LogP contribution in [0.4, 0.5) is 5.82 Å². The van der Waals surface area contributed by atoms with Gasteiger partial charge in [-0.2, -0.15) is 4.68 Å². The van der Waals surface area contributed by atoms with Crippen LogP contribution in [0.3, 0.4) is 0 Å². The molecule has 1 N–H and O–H groups in total. The molecule has 0 aliphatic heterocycles. The lowest BCUT2D eigenvalue weighted by Gasteiger charge is -2.08. The van der Waals surface area contributed by atoms with Gasteiger partial charge in [0, 0.05) is 12.6 Å². The molecule has 8 heteroatoms. The van der Waals surface area contributed by atoms with Gasteiger partial charge in [-0.05, 0) is 41.2 Å². The van der Waals surface area contributed by atoms with Gasteiger partial charge in [-0.1, -0.05) is 18.2 Å². The van der Waals surface area contributed by atoms with Crippen LogP contribution >= 0.6 is 11.8 Å². The molecule has 0 radical (unpaired) electrons. The van der Waals surface area contributed by atoms with E-state index in [-0.39, 0.29) is 0 Å². The van der Waals surface area contributed by atoms with Crippen molar-refractivity contribution in [1.29, 1.82) is 0 Å². The third kappa shape index (κ3) is 2.70. The van der Waals surface area contributed by atoms with Crippen molar-refractivity contribution in [1.82, 2.24) is 30.2 Å². The zero-order chi connectivity index (χ0) is 14.7. The smallest absolute Gasteiger partial charge is 0.220 e. The Morgan fingerprint density at radius 2 is 1.95 bits per heavy atom. The normalized spacial score (nSPS) is 10.6. The molecule has 21 heavy (non-hydrogen) atoms. The SMILES string of the molecule is CNc1ncnc(Sc2nnnn2-c2ccccc2)c1C. The summed E-state index contributed by atoms with van der Waals surface area (Å²) < 4.78 is 1.69. The maximum absolute atomic E-state index is 4.30. The number of benzene rings is 1. The molecule has 106 valence electrons. The van der Waals surface area contributed by atoms with E-state index >= 15 is 0 Å². The van der Waals surface area contributed by atoms with Gasteiger partial charge in [0.15, 0.2) is 0 Å². The van der Waals surface area contributed by atoms with Crippen LogP contribution in [0.5, 0.6) is 0 Å². The van der Waals surface area contributed by atoms with Crippen LogP contribution in [-0.2, 0) is 0 Å². The summed E-state index contributed by atoms with van der Waals surface area (Å²) in [4.78, 5) is 8.47. The van der Waals surface area contributed by atoms with Crippen molar-refractivity contribution in [3.8, 4) is 5.69 Å². The standard InChI is InChI=1S/C13H13N7S/c1-9-11(14-2)15-8-16-12(9)21-13-17-18-19-20(13)10-6-4-3-5-7-10/h3-8H,1-2H3,(H,14,15,16). The average molecular weight is 299 g/mol. The summed E-state index contributed by atoms with van der Waals surface area (Å²) in [6, 6.07) is 9.74. The van der Waals surface area contributed by atoms with Crippen LogP contribution < -0.4 is 5.32 Å². The molecule has 2 heterocycles. The van der Waals surface area contributed by atoms with Crippen LogP contribution in [0.1, 0.15) is 5.56 Å². The van der Waals surface area contributed by atoms with Crippen molar-refractivity contribution < 1.29 is 0 Å². The predicted molar refractivity (Wildman–Crippen MR) is 79.6 cm³/mol. The molecule has 0 bridgehead atoms. The van der Waals surface area contributed by atoms with Gasteiger partial charge in [-0.25, -0.2) is 9.97 Å². The first-order valence-electron chi connectivity index (χ1n) is 6.30. The Labute approximate surface area is 125 Å². The summed E-state index contributed by atoms with van der Waals surface area (Å²) in [6.45, 7) is 1.96. The van der Waals surface area contributed by atoms with Gasteiger partial charge in [-0.3, -0.25) is 0 Å². The number of nitrogens with one attached hydrogen (secondary N) is 1. The number of hydrogen-bond donors (Lipinski definition) is 1. The summed E-state index contributed by atoms with van der Waals surface area (Å²) in [5.74, 6) is 0.797. The Hall–Kier alpha value is -2.48. The van der Waals surface area contributed by atoms with Gasteiger partial charge in [0.05, 0.1) is 5.69 Å². The maximum Gasteiger partial charge on any atom is 0.220 e. The van der Waals surface area contributed by atoms with Crippen molar-refractivity contribution in [3.05, 3.63) is 42.2 Å². The molecule has 0 aliphatic rings. The second kappa shape index (κ2) is 5.88. The number of aromatic nitrogens is 6. The molecule has 2 aromatic heterocycles. The summed E-state index contributed by atoms with van der Waals surface area (Å²) in [5.41, 5.74) is 1.87. The van der Waals surface area contributed by atoms with Gasteiger partial charge >= 0.3 is 0 Å². The second-order valence-corrected chi connectivity index (χ2v) is 5.17. The van der Waals surface area contributed by atoms with Gasteiger partial charge in [0.1, 0.15) is 17.2 Å². The Morgan fingerprint density at radius 3 is 2.71 bits per heavy atom. The van der Waals surface area contributed by atoms with Crippen LogP contribution in [0.2, 0.25) is 0 Å². The molecule has 0 fully saturated rings.